The number of hydrogen-bond acceptors (Lipinski definition) is 8. The topological polar surface area (TPSA) is 101 Å². The van der Waals surface area contributed by atoms with Crippen molar-refractivity contribution in [1.82, 2.24) is 24.6 Å². The van der Waals surface area contributed by atoms with E-state index >= 15 is 0 Å². The van der Waals surface area contributed by atoms with Gasteiger partial charge in [0.25, 0.3) is 5.91 Å². The lowest BCUT2D eigenvalue weighted by atomic mass is 10.3. The molecule has 1 amide bonds. The van der Waals surface area contributed by atoms with Gasteiger partial charge in [0.15, 0.2) is 11.5 Å². The van der Waals surface area contributed by atoms with Gasteiger partial charge in [-0.15, -0.1) is 5.10 Å². The number of rotatable bonds is 5. The normalized spacial score (nSPS) is 21.2. The lowest BCUT2D eigenvalue weighted by Gasteiger charge is -2.17. The van der Waals surface area contributed by atoms with Crippen LogP contribution in [-0.2, 0) is 4.74 Å². The van der Waals surface area contributed by atoms with Crippen molar-refractivity contribution in [3.63, 3.8) is 0 Å². The largest absolute Gasteiger partial charge is 0.380 e. The molecule has 0 aromatic carbocycles. The van der Waals surface area contributed by atoms with E-state index in [9.17, 15) is 9.18 Å². The third kappa shape index (κ3) is 3.88. The van der Waals surface area contributed by atoms with E-state index in [2.05, 4.69) is 30.3 Å². The highest BCUT2D eigenvalue weighted by molar-refractivity contribution is 6.02. The van der Waals surface area contributed by atoms with Crippen LogP contribution >= 0.6 is 0 Å². The minimum absolute atomic E-state index is 0.189. The van der Waals surface area contributed by atoms with Gasteiger partial charge in [-0.25, -0.2) is 19.3 Å². The van der Waals surface area contributed by atoms with Gasteiger partial charge in [0.05, 0.1) is 31.2 Å². The van der Waals surface area contributed by atoms with Crippen molar-refractivity contribution < 1.29 is 13.9 Å². The number of nitrogens with one attached hydrogen (secondary N) is 1. The van der Waals surface area contributed by atoms with Crippen LogP contribution in [0.3, 0.4) is 0 Å². The van der Waals surface area contributed by atoms with Gasteiger partial charge in [-0.05, 0) is 25.0 Å². The SMILES string of the molecule is COC1CCN(c2cnc(C(=O)Nc3cnc4ccc(N5CCC(F)C5)nn34)cn2)C1. The van der Waals surface area contributed by atoms with E-state index in [0.29, 0.717) is 42.6 Å². The van der Waals surface area contributed by atoms with Gasteiger partial charge in [-0.1, -0.05) is 0 Å². The Balaban J connectivity index is 1.31. The third-order valence-corrected chi connectivity index (χ3v) is 5.72. The van der Waals surface area contributed by atoms with Crippen molar-refractivity contribution >= 4 is 29.0 Å². The van der Waals surface area contributed by atoms with E-state index in [1.807, 2.05) is 11.0 Å². The summed E-state index contributed by atoms with van der Waals surface area (Å²) >= 11 is 0. The molecule has 5 heterocycles. The van der Waals surface area contributed by atoms with E-state index < -0.39 is 12.1 Å². The number of nitrogens with zero attached hydrogens (tertiary/aromatic N) is 7. The molecule has 2 aliphatic heterocycles. The molecular formula is C20H23FN8O2. The number of carbonyl (C=O) groups is 1. The molecule has 0 bridgehead atoms. The Kier molecular flexibility index (Phi) is 5.10. The summed E-state index contributed by atoms with van der Waals surface area (Å²) in [7, 11) is 1.70. The molecule has 0 spiro atoms. The smallest absolute Gasteiger partial charge is 0.277 e. The first-order valence-corrected chi connectivity index (χ1v) is 10.3. The molecule has 10 nitrogen and oxygen atoms in total. The molecule has 5 rings (SSSR count). The minimum Gasteiger partial charge on any atom is -0.380 e. The van der Waals surface area contributed by atoms with Crippen LogP contribution in [0.4, 0.5) is 21.8 Å². The molecule has 0 aliphatic carbocycles. The van der Waals surface area contributed by atoms with Gasteiger partial charge >= 0.3 is 0 Å². The fourth-order valence-corrected chi connectivity index (χ4v) is 3.95. The van der Waals surface area contributed by atoms with Crippen LogP contribution in [0.1, 0.15) is 23.3 Å². The first kappa shape index (κ1) is 19.6. The minimum atomic E-state index is -0.845. The van der Waals surface area contributed by atoms with E-state index in [4.69, 9.17) is 4.74 Å². The Hall–Kier alpha value is -3.34. The van der Waals surface area contributed by atoms with Gasteiger partial charge < -0.3 is 19.9 Å². The number of alkyl halides is 1. The summed E-state index contributed by atoms with van der Waals surface area (Å²) in [4.78, 5) is 29.6. The Morgan fingerprint density at radius 2 is 1.90 bits per heavy atom. The number of aromatic nitrogens is 5. The molecule has 11 heteroatoms. The Morgan fingerprint density at radius 1 is 1.06 bits per heavy atom. The maximum absolute atomic E-state index is 13.5. The van der Waals surface area contributed by atoms with Gasteiger partial charge in [-0.3, -0.25) is 4.79 Å². The molecule has 2 unspecified atom stereocenters. The molecule has 2 atom stereocenters. The van der Waals surface area contributed by atoms with Crippen molar-refractivity contribution in [2.24, 2.45) is 0 Å². The molecule has 162 valence electrons. The monoisotopic (exact) mass is 426 g/mol. The highest BCUT2D eigenvalue weighted by Gasteiger charge is 2.25. The second kappa shape index (κ2) is 8.06. The van der Waals surface area contributed by atoms with E-state index in [-0.39, 0.29) is 11.8 Å². The lowest BCUT2D eigenvalue weighted by molar-refractivity contribution is 0.102. The quantitative estimate of drug-likeness (QED) is 0.656. The second-order valence-electron chi connectivity index (χ2n) is 7.74. The zero-order valence-corrected chi connectivity index (χ0v) is 17.1. The summed E-state index contributed by atoms with van der Waals surface area (Å²) in [6, 6.07) is 3.60. The summed E-state index contributed by atoms with van der Waals surface area (Å²) in [5, 5.41) is 7.31. The first-order chi connectivity index (χ1) is 15.1. The molecular weight excluding hydrogens is 403 g/mol. The van der Waals surface area contributed by atoms with Gasteiger partial charge in [-0.2, -0.15) is 4.52 Å². The second-order valence-corrected chi connectivity index (χ2v) is 7.74. The fraction of sp³-hybridized carbons (Fsp3) is 0.450. The van der Waals surface area contributed by atoms with Gasteiger partial charge in [0.2, 0.25) is 0 Å². The number of imidazole rings is 1. The first-order valence-electron chi connectivity index (χ1n) is 10.3. The third-order valence-electron chi connectivity index (χ3n) is 5.72. The van der Waals surface area contributed by atoms with Crippen LogP contribution in [0.15, 0.2) is 30.7 Å². The molecule has 0 saturated carbocycles. The number of anilines is 3. The Bertz CT molecular complexity index is 1090. The molecule has 3 aromatic heterocycles. The van der Waals surface area contributed by atoms with Crippen molar-refractivity contribution in [2.75, 3.05) is 48.4 Å². The average molecular weight is 426 g/mol. The zero-order valence-electron chi connectivity index (χ0n) is 17.1. The summed E-state index contributed by atoms with van der Waals surface area (Å²) in [6.45, 7) is 2.53. The highest BCUT2D eigenvalue weighted by Crippen LogP contribution is 2.22. The average Bonchev–Trinajstić information content (AvgIpc) is 3.53. The lowest BCUT2D eigenvalue weighted by Crippen LogP contribution is -2.24. The maximum atomic E-state index is 13.5. The number of hydrogen-bond donors (Lipinski definition) is 1. The van der Waals surface area contributed by atoms with Crippen LogP contribution in [0, 0.1) is 0 Å². The number of ether oxygens (including phenoxy) is 1. The van der Waals surface area contributed by atoms with Crippen LogP contribution < -0.4 is 15.1 Å². The highest BCUT2D eigenvalue weighted by atomic mass is 19.1. The Morgan fingerprint density at radius 3 is 2.61 bits per heavy atom. The fourth-order valence-electron chi connectivity index (χ4n) is 3.95. The summed E-state index contributed by atoms with van der Waals surface area (Å²) < 4.78 is 20.5. The van der Waals surface area contributed by atoms with E-state index in [1.54, 1.807) is 19.4 Å². The predicted molar refractivity (Wildman–Crippen MR) is 112 cm³/mol. The van der Waals surface area contributed by atoms with Crippen LogP contribution in [0.5, 0.6) is 0 Å². The van der Waals surface area contributed by atoms with Crippen molar-refractivity contribution in [1.29, 1.82) is 0 Å². The van der Waals surface area contributed by atoms with E-state index in [0.717, 1.165) is 19.5 Å². The van der Waals surface area contributed by atoms with Crippen molar-refractivity contribution in [3.8, 4) is 0 Å². The molecule has 3 aromatic rings. The molecule has 0 radical (unpaired) electrons. The number of amides is 1. The summed E-state index contributed by atoms with van der Waals surface area (Å²) in [5.41, 5.74) is 0.773. The molecule has 2 aliphatic rings. The maximum Gasteiger partial charge on any atom is 0.277 e. The predicted octanol–water partition coefficient (Wildman–Crippen LogP) is 1.54. The van der Waals surface area contributed by atoms with Crippen LogP contribution in [0.25, 0.3) is 5.65 Å². The summed E-state index contributed by atoms with van der Waals surface area (Å²) in [5.74, 6) is 1.36. The van der Waals surface area contributed by atoms with E-state index in [1.165, 1.54) is 16.9 Å². The van der Waals surface area contributed by atoms with Crippen LogP contribution in [0.2, 0.25) is 0 Å². The number of halogens is 1. The standard InChI is InChI=1S/C20H23FN8O2/c1-31-14-5-7-28(12-14)18-9-22-15(8-23-18)20(30)25-19-10-24-16-2-3-17(26-29(16)19)27-6-4-13(21)11-27/h2-3,8-10,13-14H,4-7,11-12H2,1H3,(H,25,30). The molecule has 2 fully saturated rings. The number of methoxy groups -OCH3 is 1. The molecule has 31 heavy (non-hydrogen) atoms. The van der Waals surface area contributed by atoms with Crippen molar-refractivity contribution in [2.45, 2.75) is 25.1 Å². The van der Waals surface area contributed by atoms with Gasteiger partial charge in [0.1, 0.15) is 23.5 Å². The number of carbonyl (C=O) groups excluding carboxylic acids is 1. The zero-order chi connectivity index (χ0) is 21.4. The molecule has 1 N–H and O–H groups in total. The molecule has 2 saturated heterocycles. The summed E-state index contributed by atoms with van der Waals surface area (Å²) in [6.07, 6.45) is 5.36. The van der Waals surface area contributed by atoms with Crippen molar-refractivity contribution in [3.05, 3.63) is 36.4 Å². The van der Waals surface area contributed by atoms with Crippen LogP contribution in [-0.4, -0.2) is 76.0 Å². The number of fused-ring (bicyclic) bond motifs is 1. The van der Waals surface area contributed by atoms with Gasteiger partial charge in [0, 0.05) is 26.7 Å². The Labute approximate surface area is 178 Å².